The van der Waals surface area contributed by atoms with E-state index < -0.39 is 36.2 Å². The van der Waals surface area contributed by atoms with Crippen molar-refractivity contribution >= 4 is 23.2 Å². The molecule has 3 atom stereocenters. The van der Waals surface area contributed by atoms with Gasteiger partial charge < -0.3 is 31.0 Å². The lowest BCUT2D eigenvalue weighted by molar-refractivity contribution is -0.153. The fraction of sp³-hybridized carbons (Fsp3) is 0.545. The summed E-state index contributed by atoms with van der Waals surface area (Å²) in [7, 11) is 1.39. The van der Waals surface area contributed by atoms with E-state index in [0.29, 0.717) is 23.3 Å². The van der Waals surface area contributed by atoms with Crippen LogP contribution in [0, 0.1) is 11.8 Å². The van der Waals surface area contributed by atoms with E-state index >= 15 is 0 Å². The Hall–Kier alpha value is -2.82. The number of carbonyl (C=O) groups excluding carboxylic acids is 3. The van der Waals surface area contributed by atoms with E-state index in [0.717, 1.165) is 0 Å². The Bertz CT molecular complexity index is 920. The van der Waals surface area contributed by atoms with Gasteiger partial charge in [-0.15, -0.1) is 0 Å². The van der Waals surface area contributed by atoms with Crippen LogP contribution in [0.5, 0.6) is 5.75 Å². The summed E-state index contributed by atoms with van der Waals surface area (Å²) in [6.07, 6.45) is -0.304. The number of aromatic hydroxyl groups is 1. The van der Waals surface area contributed by atoms with Gasteiger partial charge in [0.2, 0.25) is 5.91 Å². The highest BCUT2D eigenvalue weighted by Gasteiger charge is 2.45. The van der Waals surface area contributed by atoms with Gasteiger partial charge >= 0.3 is 0 Å². The number of rotatable bonds is 11. The van der Waals surface area contributed by atoms with Crippen LogP contribution >= 0.6 is 0 Å². The Morgan fingerprint density at radius 3 is 2.59 bits per heavy atom. The van der Waals surface area contributed by atoms with Crippen molar-refractivity contribution in [3.05, 3.63) is 28.8 Å². The molecule has 1 aromatic carbocycles. The second-order valence-electron chi connectivity index (χ2n) is 8.14. The van der Waals surface area contributed by atoms with Crippen molar-refractivity contribution in [1.82, 2.24) is 0 Å². The number of oxime groups is 1. The number of aliphatic hydroxyl groups is 3. The molecule has 0 saturated heterocycles. The van der Waals surface area contributed by atoms with Gasteiger partial charge in [-0.3, -0.25) is 14.4 Å². The molecule has 6 N–H and O–H groups in total. The van der Waals surface area contributed by atoms with Crippen molar-refractivity contribution in [2.75, 3.05) is 20.3 Å². The third kappa shape index (κ3) is 5.32. The zero-order chi connectivity index (χ0) is 24.1. The van der Waals surface area contributed by atoms with Crippen LogP contribution in [-0.4, -0.2) is 69.5 Å². The second-order valence-corrected chi connectivity index (χ2v) is 8.14. The summed E-state index contributed by atoms with van der Waals surface area (Å²) in [6, 6.07) is 3.05. The summed E-state index contributed by atoms with van der Waals surface area (Å²) in [4.78, 5) is 41.3. The predicted molar refractivity (Wildman–Crippen MR) is 116 cm³/mol. The molecule has 10 heteroatoms. The average molecular weight is 453 g/mol. The van der Waals surface area contributed by atoms with Gasteiger partial charge in [-0.2, -0.15) is 0 Å². The molecule has 10 nitrogen and oxygen atoms in total. The molecule has 0 saturated carbocycles. The molecular formula is C22H32N2O8. The quantitative estimate of drug-likeness (QED) is 0.181. The van der Waals surface area contributed by atoms with Crippen molar-refractivity contribution in [2.45, 2.75) is 44.6 Å². The van der Waals surface area contributed by atoms with Crippen molar-refractivity contribution in [3.63, 3.8) is 0 Å². The molecule has 1 amide bonds. The predicted octanol–water partition coefficient (Wildman–Crippen LogP) is 0.310. The van der Waals surface area contributed by atoms with Crippen LogP contribution in [0.15, 0.2) is 17.3 Å². The van der Waals surface area contributed by atoms with Gasteiger partial charge in [0.15, 0.2) is 11.6 Å². The van der Waals surface area contributed by atoms with Gasteiger partial charge in [-0.25, -0.2) is 0 Å². The molecule has 1 aliphatic rings. The SMILES string of the molecule is CO/N=C(\C)c1ccc(O)c2c1C[C@@H](CC(CCO)[C@](O)(CO)C(=O)CC(N)=O)CC2=O.[HH]. The van der Waals surface area contributed by atoms with Crippen LogP contribution < -0.4 is 5.73 Å². The number of benzene rings is 1. The average Bonchev–Trinajstić information content (AvgIpc) is 2.72. The molecule has 0 heterocycles. The first-order valence-electron chi connectivity index (χ1n) is 10.3. The van der Waals surface area contributed by atoms with E-state index in [1.54, 1.807) is 13.0 Å². The minimum absolute atomic E-state index is 0. The maximum Gasteiger partial charge on any atom is 0.224 e. The number of nitrogens with two attached hydrogens (primary N) is 1. The lowest BCUT2D eigenvalue weighted by Crippen LogP contribution is -2.51. The van der Waals surface area contributed by atoms with Gasteiger partial charge in [-0.05, 0) is 55.7 Å². The van der Waals surface area contributed by atoms with E-state index in [4.69, 9.17) is 10.6 Å². The molecule has 178 valence electrons. The topological polar surface area (TPSA) is 180 Å². The minimum atomic E-state index is -2.28. The zero-order valence-electron chi connectivity index (χ0n) is 18.2. The Kier molecular flexibility index (Phi) is 8.48. The molecule has 2 rings (SSSR count). The maximum absolute atomic E-state index is 12.9. The lowest BCUT2D eigenvalue weighted by atomic mass is 9.71. The summed E-state index contributed by atoms with van der Waals surface area (Å²) in [6.45, 7) is 0.373. The van der Waals surface area contributed by atoms with Gasteiger partial charge in [0.1, 0.15) is 18.5 Å². The highest BCUT2D eigenvalue weighted by atomic mass is 16.6. The number of aliphatic hydroxyl groups excluding tert-OH is 2. The molecule has 0 radical (unpaired) electrons. The summed E-state index contributed by atoms with van der Waals surface area (Å²) < 4.78 is 0. The van der Waals surface area contributed by atoms with Gasteiger partial charge in [0.05, 0.1) is 24.3 Å². The minimum Gasteiger partial charge on any atom is -0.507 e. The summed E-state index contributed by atoms with van der Waals surface area (Å²) >= 11 is 0. The van der Waals surface area contributed by atoms with E-state index in [1.807, 2.05) is 0 Å². The van der Waals surface area contributed by atoms with Crippen molar-refractivity contribution in [1.29, 1.82) is 0 Å². The number of hydrogen-bond acceptors (Lipinski definition) is 9. The normalized spacial score (nSPS) is 19.1. The number of carbonyl (C=O) groups is 3. The Balaban J connectivity index is 0.00000544. The van der Waals surface area contributed by atoms with Crippen molar-refractivity contribution in [3.8, 4) is 5.75 Å². The van der Waals surface area contributed by atoms with Crippen LogP contribution in [0.3, 0.4) is 0 Å². The summed E-state index contributed by atoms with van der Waals surface area (Å²) in [5.74, 6) is -3.61. The number of phenolic OH excluding ortho intramolecular Hbond substituents is 1. The molecular weight excluding hydrogens is 420 g/mol. The van der Waals surface area contributed by atoms with Crippen LogP contribution in [-0.2, 0) is 20.8 Å². The van der Waals surface area contributed by atoms with Crippen molar-refractivity contribution < 1.29 is 41.1 Å². The Morgan fingerprint density at radius 2 is 2.03 bits per heavy atom. The lowest BCUT2D eigenvalue weighted by Gasteiger charge is -2.36. The van der Waals surface area contributed by atoms with Gasteiger partial charge in [0, 0.05) is 20.0 Å². The van der Waals surface area contributed by atoms with E-state index in [9.17, 15) is 34.8 Å². The molecule has 0 spiro atoms. The van der Waals surface area contributed by atoms with Crippen LogP contribution in [0.1, 0.15) is 55.5 Å². The number of fused-ring (bicyclic) bond motifs is 1. The number of nitrogens with zero attached hydrogens (tertiary/aromatic N) is 1. The molecule has 1 aromatic rings. The highest BCUT2D eigenvalue weighted by molar-refractivity contribution is 6.07. The van der Waals surface area contributed by atoms with Crippen LogP contribution in [0.2, 0.25) is 0 Å². The fourth-order valence-electron chi connectivity index (χ4n) is 4.44. The van der Waals surface area contributed by atoms with Gasteiger partial charge in [-0.1, -0.05) is 5.16 Å². The molecule has 1 aliphatic carbocycles. The molecule has 1 unspecified atom stereocenters. The fourth-order valence-corrected chi connectivity index (χ4v) is 4.44. The zero-order valence-corrected chi connectivity index (χ0v) is 18.2. The van der Waals surface area contributed by atoms with Crippen LogP contribution in [0.25, 0.3) is 0 Å². The number of ketones is 2. The standard InChI is InChI=1S/C22H30N2O8.H2/c1-12(24-32-2)15-3-4-17(27)21-16(15)8-13(9-18(21)28)7-14(5-6-25)22(31,11-26)19(29)10-20(23)30;/h3-4,13-14,25-27,31H,5-11H2,1-2H3,(H2,23,30);1H/b24-12+;/t13-,14?,22-;/m1./s1. The monoisotopic (exact) mass is 452 g/mol. The number of Topliss-reactive ketones (excluding diaryl/α,β-unsaturated/α-hetero) is 2. The number of primary amides is 1. The first kappa shape index (κ1) is 25.4. The molecule has 0 aromatic heterocycles. The molecule has 0 bridgehead atoms. The molecule has 0 fully saturated rings. The third-order valence-corrected chi connectivity index (χ3v) is 5.98. The maximum atomic E-state index is 12.9. The van der Waals surface area contributed by atoms with Crippen molar-refractivity contribution in [2.24, 2.45) is 22.7 Å². The van der Waals surface area contributed by atoms with Gasteiger partial charge in [0.25, 0.3) is 0 Å². The summed E-state index contributed by atoms with van der Waals surface area (Å²) in [5, 5.41) is 44.3. The number of amides is 1. The Labute approximate surface area is 187 Å². The Morgan fingerprint density at radius 1 is 1.34 bits per heavy atom. The second kappa shape index (κ2) is 10.7. The van der Waals surface area contributed by atoms with E-state index in [1.165, 1.54) is 13.2 Å². The van der Waals surface area contributed by atoms with Crippen LogP contribution in [0.4, 0.5) is 0 Å². The van der Waals surface area contributed by atoms with E-state index in [-0.39, 0.29) is 50.3 Å². The summed E-state index contributed by atoms with van der Waals surface area (Å²) in [5.41, 5.74) is 4.69. The molecule has 0 aliphatic heterocycles. The molecule has 32 heavy (non-hydrogen) atoms. The number of hydrogen-bond donors (Lipinski definition) is 5. The smallest absolute Gasteiger partial charge is 0.224 e. The highest BCUT2D eigenvalue weighted by Crippen LogP contribution is 2.39. The van der Waals surface area contributed by atoms with E-state index in [2.05, 4.69) is 5.16 Å². The number of phenols is 1. The first-order valence-corrected chi connectivity index (χ1v) is 10.3. The first-order chi connectivity index (χ1) is 15.1. The third-order valence-electron chi connectivity index (χ3n) is 5.98. The largest absolute Gasteiger partial charge is 0.507 e.